The van der Waals surface area contributed by atoms with Crippen LogP contribution in [0.1, 0.15) is 19.3 Å². The number of nitrogen functional groups attached to an aromatic ring is 1. The minimum absolute atomic E-state index is 0.0353. The van der Waals surface area contributed by atoms with Crippen molar-refractivity contribution in [3.05, 3.63) is 17.2 Å². The smallest absolute Gasteiger partial charge is 0.188 e. The Morgan fingerprint density at radius 3 is 2.80 bits per heavy atom. The van der Waals surface area contributed by atoms with Crippen molar-refractivity contribution in [2.24, 2.45) is 0 Å². The molecule has 2 aliphatic heterocycles. The van der Waals surface area contributed by atoms with Crippen LogP contribution in [-0.2, 0) is 9.84 Å². The maximum absolute atomic E-state index is 12.8. The summed E-state index contributed by atoms with van der Waals surface area (Å²) in [6, 6.07) is 2.87. The van der Waals surface area contributed by atoms with Crippen molar-refractivity contribution in [3.63, 3.8) is 0 Å². The normalized spacial score (nSPS) is 26.9. The summed E-state index contributed by atoms with van der Waals surface area (Å²) in [5.41, 5.74) is 5.64. The summed E-state index contributed by atoms with van der Waals surface area (Å²) in [7, 11) is -3.68. The maximum atomic E-state index is 12.8. The van der Waals surface area contributed by atoms with E-state index in [4.69, 9.17) is 17.3 Å². The second kappa shape index (κ2) is 4.79. The average molecular weight is 317 g/mol. The molecule has 1 aromatic carbocycles. The van der Waals surface area contributed by atoms with Gasteiger partial charge in [0.1, 0.15) is 4.90 Å². The Hall–Kier alpha value is -0.980. The van der Waals surface area contributed by atoms with Crippen LogP contribution in [0.25, 0.3) is 0 Å². The number of nitrogens with two attached hydrogens (primary N) is 1. The molecule has 3 rings (SSSR count). The molecule has 7 heteroatoms. The quantitative estimate of drug-likeness (QED) is 0.640. The van der Waals surface area contributed by atoms with Gasteiger partial charge in [0.25, 0.3) is 0 Å². The largest absolute Gasteiger partial charge is 0.504 e. The highest BCUT2D eigenvalue weighted by molar-refractivity contribution is 7.92. The second-order valence-electron chi connectivity index (χ2n) is 5.43. The zero-order chi connectivity index (χ0) is 14.5. The van der Waals surface area contributed by atoms with Crippen LogP contribution in [0.3, 0.4) is 0 Å². The van der Waals surface area contributed by atoms with Gasteiger partial charge in [-0.3, -0.25) is 4.90 Å². The number of hydrogen-bond acceptors (Lipinski definition) is 5. The van der Waals surface area contributed by atoms with Gasteiger partial charge in [-0.1, -0.05) is 11.6 Å². The first-order chi connectivity index (χ1) is 9.43. The van der Waals surface area contributed by atoms with E-state index >= 15 is 0 Å². The topological polar surface area (TPSA) is 83.6 Å². The lowest BCUT2D eigenvalue weighted by Crippen LogP contribution is -2.34. The summed E-state index contributed by atoms with van der Waals surface area (Å²) in [6.07, 6.45) is 2.48. The highest BCUT2D eigenvalue weighted by Crippen LogP contribution is 2.42. The van der Waals surface area contributed by atoms with Crippen molar-refractivity contribution < 1.29 is 13.5 Å². The SMILES string of the molecule is Nc1ccc(Cl)c(S(=O)(=O)[C@H]2CCN3CCC[C@@H]23)c1O. The van der Waals surface area contributed by atoms with Crippen molar-refractivity contribution >= 4 is 27.1 Å². The van der Waals surface area contributed by atoms with Gasteiger partial charge in [-0.2, -0.15) is 0 Å². The molecule has 0 amide bonds. The number of hydrogen-bond donors (Lipinski definition) is 2. The van der Waals surface area contributed by atoms with Gasteiger partial charge in [0, 0.05) is 6.04 Å². The summed E-state index contributed by atoms with van der Waals surface area (Å²) in [5.74, 6) is -0.422. The first kappa shape index (κ1) is 14.0. The average Bonchev–Trinajstić information content (AvgIpc) is 2.95. The fourth-order valence-corrected chi connectivity index (χ4v) is 6.02. The number of benzene rings is 1. The number of sulfone groups is 1. The van der Waals surface area contributed by atoms with Crippen molar-refractivity contribution in [1.29, 1.82) is 0 Å². The number of aromatic hydroxyl groups is 1. The molecule has 0 bridgehead atoms. The number of fused-ring (bicyclic) bond motifs is 1. The van der Waals surface area contributed by atoms with E-state index in [0.717, 1.165) is 25.9 Å². The molecule has 2 aliphatic rings. The highest BCUT2D eigenvalue weighted by Gasteiger charge is 2.46. The molecule has 2 saturated heterocycles. The summed E-state index contributed by atoms with van der Waals surface area (Å²) in [4.78, 5) is 2.00. The van der Waals surface area contributed by atoms with Crippen LogP contribution in [0.5, 0.6) is 5.75 Å². The summed E-state index contributed by atoms with van der Waals surface area (Å²) in [6.45, 7) is 1.74. The van der Waals surface area contributed by atoms with Gasteiger partial charge in [-0.25, -0.2) is 8.42 Å². The van der Waals surface area contributed by atoms with Gasteiger partial charge in [-0.05, 0) is 44.5 Å². The Labute approximate surface area is 123 Å². The predicted molar refractivity (Wildman–Crippen MR) is 77.7 cm³/mol. The van der Waals surface area contributed by atoms with E-state index in [1.807, 2.05) is 0 Å². The molecule has 0 radical (unpaired) electrons. The van der Waals surface area contributed by atoms with Crippen LogP contribution in [0.4, 0.5) is 5.69 Å². The van der Waals surface area contributed by atoms with E-state index in [-0.39, 0.29) is 21.6 Å². The number of anilines is 1. The molecule has 5 nitrogen and oxygen atoms in total. The zero-order valence-corrected chi connectivity index (χ0v) is 12.5. The minimum atomic E-state index is -3.68. The third-order valence-electron chi connectivity index (χ3n) is 4.34. The molecular weight excluding hydrogens is 300 g/mol. The van der Waals surface area contributed by atoms with E-state index in [0.29, 0.717) is 6.42 Å². The van der Waals surface area contributed by atoms with Crippen LogP contribution in [-0.4, -0.2) is 42.8 Å². The van der Waals surface area contributed by atoms with Crippen molar-refractivity contribution in [2.75, 3.05) is 18.8 Å². The Morgan fingerprint density at radius 2 is 2.05 bits per heavy atom. The van der Waals surface area contributed by atoms with Crippen molar-refractivity contribution in [3.8, 4) is 5.75 Å². The van der Waals surface area contributed by atoms with E-state index in [1.54, 1.807) is 0 Å². The fourth-order valence-electron chi connectivity index (χ4n) is 3.38. The fraction of sp³-hybridized carbons (Fsp3) is 0.538. The summed E-state index contributed by atoms with van der Waals surface area (Å²) < 4.78 is 25.7. The van der Waals surface area contributed by atoms with E-state index in [1.165, 1.54) is 12.1 Å². The number of halogens is 1. The van der Waals surface area contributed by atoms with E-state index in [2.05, 4.69) is 4.90 Å². The van der Waals surface area contributed by atoms with Gasteiger partial charge >= 0.3 is 0 Å². The lowest BCUT2D eigenvalue weighted by molar-refractivity contribution is 0.324. The minimum Gasteiger partial charge on any atom is -0.504 e. The predicted octanol–water partition coefficient (Wildman–Crippen LogP) is 1.64. The van der Waals surface area contributed by atoms with Gasteiger partial charge in [0.2, 0.25) is 0 Å². The highest BCUT2D eigenvalue weighted by atomic mass is 35.5. The lowest BCUT2D eigenvalue weighted by atomic mass is 10.1. The maximum Gasteiger partial charge on any atom is 0.188 e. The molecule has 1 aromatic rings. The molecule has 3 N–H and O–H groups in total. The van der Waals surface area contributed by atoms with Gasteiger partial charge in [-0.15, -0.1) is 0 Å². The molecule has 2 atom stereocenters. The molecule has 110 valence electrons. The second-order valence-corrected chi connectivity index (χ2v) is 7.94. The molecule has 2 heterocycles. The Balaban J connectivity index is 2.07. The Bertz CT molecular complexity index is 647. The molecular formula is C13H17ClN2O3S. The lowest BCUT2D eigenvalue weighted by Gasteiger charge is -2.21. The molecule has 0 unspecified atom stereocenters. The van der Waals surface area contributed by atoms with Crippen molar-refractivity contribution in [2.45, 2.75) is 35.4 Å². The number of phenols is 1. The van der Waals surface area contributed by atoms with E-state index in [9.17, 15) is 13.5 Å². The first-order valence-electron chi connectivity index (χ1n) is 6.68. The van der Waals surface area contributed by atoms with Gasteiger partial charge in [0.05, 0.1) is 16.0 Å². The van der Waals surface area contributed by atoms with Gasteiger partial charge < -0.3 is 10.8 Å². The van der Waals surface area contributed by atoms with Crippen LogP contribution in [0.15, 0.2) is 17.0 Å². The standard InChI is InChI=1S/C13H17ClN2O3S/c14-8-3-4-9(15)12(17)13(8)20(18,19)11-5-7-16-6-1-2-10(11)16/h3-4,10-11,17H,1-2,5-7,15H2/t10-,11-/m0/s1. The van der Waals surface area contributed by atoms with Crippen LogP contribution in [0.2, 0.25) is 5.02 Å². The summed E-state index contributed by atoms with van der Waals surface area (Å²) >= 11 is 6.00. The Morgan fingerprint density at radius 1 is 1.30 bits per heavy atom. The molecule has 0 aliphatic carbocycles. The summed E-state index contributed by atoms with van der Waals surface area (Å²) in [5, 5.41) is 9.54. The molecule has 0 spiro atoms. The first-order valence-corrected chi connectivity index (χ1v) is 8.60. The van der Waals surface area contributed by atoms with Gasteiger partial charge in [0.15, 0.2) is 15.6 Å². The Kier molecular flexibility index (Phi) is 3.35. The van der Waals surface area contributed by atoms with E-state index < -0.39 is 20.8 Å². The molecule has 2 fully saturated rings. The van der Waals surface area contributed by atoms with Crippen LogP contribution >= 0.6 is 11.6 Å². The zero-order valence-electron chi connectivity index (χ0n) is 10.9. The molecule has 0 saturated carbocycles. The molecule has 20 heavy (non-hydrogen) atoms. The third-order valence-corrected chi connectivity index (χ3v) is 7.10. The number of phenolic OH excluding ortho intramolecular Hbond substituents is 1. The van der Waals surface area contributed by atoms with Crippen LogP contribution in [0, 0.1) is 0 Å². The number of rotatable bonds is 2. The van der Waals surface area contributed by atoms with Crippen molar-refractivity contribution in [1.82, 2.24) is 4.90 Å². The third kappa shape index (κ3) is 1.98. The monoisotopic (exact) mass is 316 g/mol. The number of nitrogens with zero attached hydrogens (tertiary/aromatic N) is 1. The molecule has 0 aromatic heterocycles. The van der Waals surface area contributed by atoms with Crippen LogP contribution < -0.4 is 5.73 Å².